The first-order valence-electron chi connectivity index (χ1n) is 6.27. The third-order valence-electron chi connectivity index (χ3n) is 3.25. The number of hydrogen-bond acceptors (Lipinski definition) is 4. The molecule has 0 amide bonds. The summed E-state index contributed by atoms with van der Waals surface area (Å²) in [6.45, 7) is 2.60. The Morgan fingerprint density at radius 3 is 2.74 bits per heavy atom. The second kappa shape index (κ2) is 5.46. The summed E-state index contributed by atoms with van der Waals surface area (Å²) in [5.41, 5.74) is 0.917. The van der Waals surface area contributed by atoms with Crippen LogP contribution in [0.3, 0.4) is 0 Å². The Morgan fingerprint density at radius 1 is 1.32 bits per heavy atom. The molecule has 1 aliphatic heterocycles. The maximum atomic E-state index is 12.1. The average Bonchev–Trinajstić information content (AvgIpc) is 3.03. The van der Waals surface area contributed by atoms with Crippen molar-refractivity contribution in [1.82, 2.24) is 9.78 Å². The maximum Gasteiger partial charge on any atom is 0.269 e. The van der Waals surface area contributed by atoms with E-state index in [-0.39, 0.29) is 5.56 Å². The van der Waals surface area contributed by atoms with Crippen molar-refractivity contribution in [2.75, 3.05) is 18.0 Å². The minimum absolute atomic E-state index is 0.0334. The average molecular weight is 340 g/mol. The minimum atomic E-state index is -0.0334. The van der Waals surface area contributed by atoms with Crippen LogP contribution in [0.2, 0.25) is 0 Å². The van der Waals surface area contributed by atoms with Crippen molar-refractivity contribution in [2.24, 2.45) is 0 Å². The molecule has 0 N–H and O–H groups in total. The fraction of sp³-hybridized carbons (Fsp3) is 0.385. The van der Waals surface area contributed by atoms with E-state index in [0.717, 1.165) is 28.1 Å². The second-order valence-corrected chi connectivity index (χ2v) is 6.55. The summed E-state index contributed by atoms with van der Waals surface area (Å²) < 4.78 is 2.56. The van der Waals surface area contributed by atoms with E-state index in [0.29, 0.717) is 6.54 Å². The first kappa shape index (κ1) is 12.9. The Morgan fingerprint density at radius 2 is 2.11 bits per heavy atom. The standard InChI is InChI=1S/C13H14BrN3OS/c14-10-5-12(19-9-10)8-17-13(18)6-11(7-15-17)16-3-1-2-4-16/h5-7,9H,1-4,8H2. The Kier molecular flexibility index (Phi) is 3.70. The quantitative estimate of drug-likeness (QED) is 0.862. The summed E-state index contributed by atoms with van der Waals surface area (Å²) in [4.78, 5) is 15.4. The van der Waals surface area contributed by atoms with Crippen molar-refractivity contribution in [3.05, 3.63) is 43.4 Å². The third-order valence-corrected chi connectivity index (χ3v) is 4.94. The fourth-order valence-electron chi connectivity index (χ4n) is 2.28. The number of nitrogens with zero attached hydrogens (tertiary/aromatic N) is 3. The first-order valence-corrected chi connectivity index (χ1v) is 7.95. The summed E-state index contributed by atoms with van der Waals surface area (Å²) in [6.07, 6.45) is 4.20. The molecule has 2 aromatic rings. The van der Waals surface area contributed by atoms with Gasteiger partial charge in [-0.15, -0.1) is 11.3 Å². The van der Waals surface area contributed by atoms with Crippen LogP contribution in [0.1, 0.15) is 17.7 Å². The Bertz CT molecular complexity index is 631. The van der Waals surface area contributed by atoms with Gasteiger partial charge in [-0.2, -0.15) is 5.10 Å². The summed E-state index contributed by atoms with van der Waals surface area (Å²) >= 11 is 5.04. The molecule has 0 unspecified atom stereocenters. The second-order valence-electron chi connectivity index (χ2n) is 4.64. The summed E-state index contributed by atoms with van der Waals surface area (Å²) in [5, 5.41) is 6.29. The highest BCUT2D eigenvalue weighted by Crippen LogP contribution is 2.20. The van der Waals surface area contributed by atoms with Gasteiger partial charge in [-0.05, 0) is 34.8 Å². The van der Waals surface area contributed by atoms with Gasteiger partial charge >= 0.3 is 0 Å². The first-order chi connectivity index (χ1) is 9.22. The molecule has 0 aromatic carbocycles. The van der Waals surface area contributed by atoms with Crippen LogP contribution in [-0.2, 0) is 6.54 Å². The molecule has 4 nitrogen and oxygen atoms in total. The summed E-state index contributed by atoms with van der Waals surface area (Å²) in [7, 11) is 0. The number of thiophene rings is 1. The zero-order valence-electron chi connectivity index (χ0n) is 10.4. The van der Waals surface area contributed by atoms with Gasteiger partial charge in [0.2, 0.25) is 0 Å². The molecule has 3 heterocycles. The van der Waals surface area contributed by atoms with Crippen molar-refractivity contribution in [3.63, 3.8) is 0 Å². The molecule has 100 valence electrons. The normalized spacial score (nSPS) is 15.1. The lowest BCUT2D eigenvalue weighted by Crippen LogP contribution is -2.26. The van der Waals surface area contributed by atoms with E-state index in [9.17, 15) is 4.79 Å². The molecule has 0 saturated carbocycles. The van der Waals surface area contributed by atoms with E-state index in [1.165, 1.54) is 17.5 Å². The van der Waals surface area contributed by atoms with Gasteiger partial charge in [-0.25, -0.2) is 4.68 Å². The van der Waals surface area contributed by atoms with Gasteiger partial charge in [-0.1, -0.05) is 0 Å². The van der Waals surface area contributed by atoms with Crippen LogP contribution in [0.5, 0.6) is 0 Å². The van der Waals surface area contributed by atoms with Crippen LogP contribution in [0.4, 0.5) is 5.69 Å². The molecule has 0 atom stereocenters. The largest absolute Gasteiger partial charge is 0.370 e. The molecule has 6 heteroatoms. The molecule has 0 radical (unpaired) electrons. The molecule has 1 fully saturated rings. The minimum Gasteiger partial charge on any atom is -0.370 e. The van der Waals surface area contributed by atoms with Crippen LogP contribution < -0.4 is 10.5 Å². The van der Waals surface area contributed by atoms with Gasteiger partial charge in [0, 0.05) is 33.9 Å². The van der Waals surface area contributed by atoms with Crippen molar-refractivity contribution in [1.29, 1.82) is 0 Å². The van der Waals surface area contributed by atoms with E-state index in [4.69, 9.17) is 0 Å². The van der Waals surface area contributed by atoms with Gasteiger partial charge < -0.3 is 4.90 Å². The van der Waals surface area contributed by atoms with Crippen LogP contribution in [-0.4, -0.2) is 22.9 Å². The van der Waals surface area contributed by atoms with Gasteiger partial charge in [-0.3, -0.25) is 4.79 Å². The third kappa shape index (κ3) is 2.90. The van der Waals surface area contributed by atoms with Crippen molar-refractivity contribution in [2.45, 2.75) is 19.4 Å². The highest BCUT2D eigenvalue weighted by molar-refractivity contribution is 9.10. The van der Waals surface area contributed by atoms with E-state index < -0.39 is 0 Å². The van der Waals surface area contributed by atoms with Crippen LogP contribution in [0, 0.1) is 0 Å². The SMILES string of the molecule is O=c1cc(N2CCCC2)cnn1Cc1cc(Br)cs1. The smallest absolute Gasteiger partial charge is 0.269 e. The monoisotopic (exact) mass is 339 g/mol. The number of aromatic nitrogens is 2. The molecule has 19 heavy (non-hydrogen) atoms. The highest BCUT2D eigenvalue weighted by Gasteiger charge is 2.13. The van der Waals surface area contributed by atoms with Crippen LogP contribution in [0.25, 0.3) is 0 Å². The summed E-state index contributed by atoms with van der Waals surface area (Å²) in [5.74, 6) is 0. The number of hydrogen-bond donors (Lipinski definition) is 0. The molecule has 2 aromatic heterocycles. The molecule has 0 aliphatic carbocycles. The Labute approximate surface area is 123 Å². The zero-order chi connectivity index (χ0) is 13.2. The summed E-state index contributed by atoms with van der Waals surface area (Å²) in [6, 6.07) is 3.72. The van der Waals surface area contributed by atoms with Gasteiger partial charge in [0.05, 0.1) is 18.4 Å². The van der Waals surface area contributed by atoms with Crippen molar-refractivity contribution in [3.8, 4) is 0 Å². The molecular formula is C13H14BrN3OS. The van der Waals surface area contributed by atoms with E-state index in [1.54, 1.807) is 23.6 Å². The lowest BCUT2D eigenvalue weighted by molar-refractivity contribution is 0.643. The topological polar surface area (TPSA) is 38.1 Å². The van der Waals surface area contributed by atoms with E-state index in [2.05, 4.69) is 25.9 Å². The fourth-order valence-corrected chi connectivity index (χ4v) is 3.71. The Balaban J connectivity index is 1.81. The van der Waals surface area contributed by atoms with Gasteiger partial charge in [0.25, 0.3) is 5.56 Å². The van der Waals surface area contributed by atoms with Crippen LogP contribution >= 0.6 is 27.3 Å². The zero-order valence-corrected chi connectivity index (χ0v) is 12.8. The van der Waals surface area contributed by atoms with Gasteiger partial charge in [0.1, 0.15) is 0 Å². The lowest BCUT2D eigenvalue weighted by Gasteiger charge is -2.16. The molecule has 1 aliphatic rings. The number of rotatable bonds is 3. The Hall–Kier alpha value is -1.14. The van der Waals surface area contributed by atoms with E-state index in [1.807, 2.05) is 11.4 Å². The molecule has 3 rings (SSSR count). The van der Waals surface area contributed by atoms with E-state index >= 15 is 0 Å². The van der Waals surface area contributed by atoms with Gasteiger partial charge in [0.15, 0.2) is 0 Å². The molecule has 0 bridgehead atoms. The number of anilines is 1. The highest BCUT2D eigenvalue weighted by atomic mass is 79.9. The van der Waals surface area contributed by atoms with Crippen LogP contribution in [0.15, 0.2) is 33.0 Å². The van der Waals surface area contributed by atoms with Crippen molar-refractivity contribution < 1.29 is 0 Å². The lowest BCUT2D eigenvalue weighted by atomic mass is 10.4. The molecule has 1 saturated heterocycles. The predicted octanol–water partition coefficient (Wildman–Crippen LogP) is 2.72. The van der Waals surface area contributed by atoms with Crippen molar-refractivity contribution >= 4 is 33.0 Å². The maximum absolute atomic E-state index is 12.1. The number of halogens is 1. The predicted molar refractivity (Wildman–Crippen MR) is 81.1 cm³/mol. The molecule has 0 spiro atoms. The molecular weight excluding hydrogens is 326 g/mol.